The largest absolute Gasteiger partial charge is 0.497 e. The molecule has 6 heteroatoms. The molecule has 0 aliphatic carbocycles. The van der Waals surface area contributed by atoms with Crippen LogP contribution in [0.25, 0.3) is 0 Å². The number of benzene rings is 2. The maximum absolute atomic E-state index is 12.4. The number of carbonyl (C=O) groups is 3. The van der Waals surface area contributed by atoms with E-state index in [4.69, 9.17) is 9.47 Å². The van der Waals surface area contributed by atoms with Gasteiger partial charge in [-0.05, 0) is 48.2 Å². The first kappa shape index (κ1) is 21.2. The number of rotatable bonds is 9. The molecule has 0 fully saturated rings. The Kier molecular flexibility index (Phi) is 7.75. The summed E-state index contributed by atoms with van der Waals surface area (Å²) in [6, 6.07) is 12.4. The van der Waals surface area contributed by atoms with Gasteiger partial charge in [0.1, 0.15) is 12.3 Å². The molecule has 0 radical (unpaired) electrons. The van der Waals surface area contributed by atoms with Gasteiger partial charge in [-0.15, -0.1) is 0 Å². The van der Waals surface area contributed by atoms with Crippen molar-refractivity contribution in [2.75, 3.05) is 20.3 Å². The fraction of sp³-hybridized carbons (Fsp3) is 0.318. The van der Waals surface area contributed by atoms with E-state index in [0.29, 0.717) is 16.9 Å². The molecule has 2 aromatic rings. The lowest BCUT2D eigenvalue weighted by Crippen LogP contribution is -2.31. The highest BCUT2D eigenvalue weighted by Gasteiger charge is 2.15. The van der Waals surface area contributed by atoms with E-state index in [1.165, 1.54) is 7.11 Å². The number of Topliss-reactive ketones (excluding diaryl/α,β-unsaturated/α-hetero) is 1. The number of aryl methyl sites for hydroxylation is 2. The number of ketones is 1. The van der Waals surface area contributed by atoms with Gasteiger partial charge in [0.05, 0.1) is 7.11 Å². The minimum atomic E-state index is -0.672. The van der Waals surface area contributed by atoms with E-state index in [0.717, 1.165) is 24.0 Å². The van der Waals surface area contributed by atoms with E-state index in [9.17, 15) is 14.4 Å². The minimum Gasteiger partial charge on any atom is -0.497 e. The molecule has 2 aromatic carbocycles. The second kappa shape index (κ2) is 10.3. The first-order valence-electron chi connectivity index (χ1n) is 9.21. The topological polar surface area (TPSA) is 81.7 Å². The molecule has 0 aliphatic heterocycles. The van der Waals surface area contributed by atoms with Crippen LogP contribution < -0.4 is 10.1 Å². The summed E-state index contributed by atoms with van der Waals surface area (Å²) in [5.74, 6) is -0.804. The molecule has 0 bridgehead atoms. The summed E-state index contributed by atoms with van der Waals surface area (Å²) in [7, 11) is 1.51. The van der Waals surface area contributed by atoms with E-state index in [1.54, 1.807) is 24.3 Å². The molecule has 0 saturated carbocycles. The smallest absolute Gasteiger partial charge is 0.325 e. The molecule has 0 saturated heterocycles. The van der Waals surface area contributed by atoms with Crippen LogP contribution in [0.15, 0.2) is 42.5 Å². The van der Waals surface area contributed by atoms with Gasteiger partial charge in [0.15, 0.2) is 6.61 Å². The molecular weight excluding hydrogens is 358 g/mol. The van der Waals surface area contributed by atoms with Gasteiger partial charge in [0, 0.05) is 11.1 Å². The zero-order valence-electron chi connectivity index (χ0n) is 16.4. The highest BCUT2D eigenvalue weighted by molar-refractivity contribution is 6.00. The second-order valence-corrected chi connectivity index (χ2v) is 6.20. The number of esters is 1. The van der Waals surface area contributed by atoms with Gasteiger partial charge in [-0.3, -0.25) is 14.4 Å². The van der Waals surface area contributed by atoms with Gasteiger partial charge in [0.25, 0.3) is 5.91 Å². The molecule has 1 amide bonds. The molecule has 0 heterocycles. The maximum Gasteiger partial charge on any atom is 0.325 e. The first-order valence-corrected chi connectivity index (χ1v) is 9.21. The molecule has 2 rings (SSSR count). The summed E-state index contributed by atoms with van der Waals surface area (Å²) >= 11 is 0. The average molecular weight is 383 g/mol. The van der Waals surface area contributed by atoms with Crippen molar-refractivity contribution < 1.29 is 23.9 Å². The van der Waals surface area contributed by atoms with Crippen molar-refractivity contribution in [3.63, 3.8) is 0 Å². The number of hydrogen-bond donors (Lipinski definition) is 1. The second-order valence-electron chi connectivity index (χ2n) is 6.20. The number of ether oxygens (including phenoxy) is 2. The van der Waals surface area contributed by atoms with Gasteiger partial charge in [-0.2, -0.15) is 0 Å². The van der Waals surface area contributed by atoms with Crippen molar-refractivity contribution in [2.45, 2.75) is 26.7 Å². The Morgan fingerprint density at radius 3 is 2.46 bits per heavy atom. The lowest BCUT2D eigenvalue weighted by molar-refractivity contribution is -0.141. The van der Waals surface area contributed by atoms with E-state index < -0.39 is 11.9 Å². The average Bonchev–Trinajstić information content (AvgIpc) is 2.75. The standard InChI is InChI=1S/C22H25NO5/c1-4-15-9-10-16(5-2)19(11-15)20(24)14-28-21(25)13-23-22(26)17-7-6-8-18(12-17)27-3/h6-12H,4-5,13-14H2,1-3H3,(H,23,26). The van der Waals surface area contributed by atoms with Gasteiger partial charge in [-0.25, -0.2) is 0 Å². The number of carbonyl (C=O) groups excluding carboxylic acids is 3. The summed E-state index contributed by atoms with van der Waals surface area (Å²) < 4.78 is 10.1. The van der Waals surface area contributed by atoms with Crippen molar-refractivity contribution in [3.05, 3.63) is 64.7 Å². The van der Waals surface area contributed by atoms with Crippen LogP contribution in [0.4, 0.5) is 0 Å². The minimum absolute atomic E-state index is 0.250. The van der Waals surface area contributed by atoms with E-state index >= 15 is 0 Å². The number of nitrogens with one attached hydrogen (secondary N) is 1. The normalized spacial score (nSPS) is 10.2. The number of amides is 1. The monoisotopic (exact) mass is 383 g/mol. The third kappa shape index (κ3) is 5.67. The van der Waals surface area contributed by atoms with Crippen LogP contribution in [0.1, 0.15) is 45.7 Å². The van der Waals surface area contributed by atoms with Gasteiger partial charge >= 0.3 is 5.97 Å². The van der Waals surface area contributed by atoms with Crippen LogP contribution in [-0.2, 0) is 22.4 Å². The summed E-state index contributed by atoms with van der Waals surface area (Å²) in [6.45, 7) is 3.31. The summed E-state index contributed by atoms with van der Waals surface area (Å²) in [5, 5.41) is 2.47. The van der Waals surface area contributed by atoms with Gasteiger partial charge in [0.2, 0.25) is 5.78 Å². The first-order chi connectivity index (χ1) is 13.5. The molecule has 28 heavy (non-hydrogen) atoms. The van der Waals surface area contributed by atoms with Crippen molar-refractivity contribution in [2.24, 2.45) is 0 Å². The van der Waals surface area contributed by atoms with Crippen LogP contribution in [0.2, 0.25) is 0 Å². The molecule has 1 N–H and O–H groups in total. The van der Waals surface area contributed by atoms with Crippen molar-refractivity contribution in [3.8, 4) is 5.75 Å². The predicted octanol–water partition coefficient (Wildman–Crippen LogP) is 2.98. The fourth-order valence-corrected chi connectivity index (χ4v) is 2.71. The molecule has 148 valence electrons. The third-order valence-corrected chi connectivity index (χ3v) is 4.35. The van der Waals surface area contributed by atoms with Gasteiger partial charge in [-0.1, -0.05) is 32.0 Å². The molecule has 0 atom stereocenters. The predicted molar refractivity (Wildman–Crippen MR) is 106 cm³/mol. The highest BCUT2D eigenvalue weighted by Crippen LogP contribution is 2.15. The van der Waals surface area contributed by atoms with Crippen molar-refractivity contribution in [1.29, 1.82) is 0 Å². The summed E-state index contributed by atoms with van der Waals surface area (Å²) in [4.78, 5) is 36.4. The fourth-order valence-electron chi connectivity index (χ4n) is 2.71. The molecule has 6 nitrogen and oxygen atoms in total. The molecule has 0 unspecified atom stereocenters. The zero-order valence-corrected chi connectivity index (χ0v) is 16.4. The molecule has 0 aromatic heterocycles. The summed E-state index contributed by atoms with van der Waals surface area (Å²) in [5.41, 5.74) is 2.92. The Morgan fingerprint density at radius 2 is 1.79 bits per heavy atom. The Labute approximate surface area is 164 Å². The van der Waals surface area contributed by atoms with Crippen LogP contribution in [0.3, 0.4) is 0 Å². The van der Waals surface area contributed by atoms with Crippen LogP contribution >= 0.6 is 0 Å². The van der Waals surface area contributed by atoms with E-state index in [-0.39, 0.29) is 18.9 Å². The molecular formula is C22H25NO5. The Balaban J connectivity index is 1.88. The lowest BCUT2D eigenvalue weighted by atomic mass is 9.98. The quantitative estimate of drug-likeness (QED) is 0.532. The zero-order chi connectivity index (χ0) is 20.5. The van der Waals surface area contributed by atoms with Gasteiger partial charge < -0.3 is 14.8 Å². The number of methoxy groups -OCH3 is 1. The Bertz CT molecular complexity index is 860. The number of hydrogen-bond acceptors (Lipinski definition) is 5. The lowest BCUT2D eigenvalue weighted by Gasteiger charge is -2.10. The summed E-state index contributed by atoms with van der Waals surface area (Å²) in [6.07, 6.45) is 1.54. The van der Waals surface area contributed by atoms with Crippen LogP contribution in [0, 0.1) is 0 Å². The van der Waals surface area contributed by atoms with E-state index in [1.807, 2.05) is 32.0 Å². The molecule has 0 spiro atoms. The van der Waals surface area contributed by atoms with Crippen LogP contribution in [0.5, 0.6) is 5.75 Å². The van der Waals surface area contributed by atoms with E-state index in [2.05, 4.69) is 5.32 Å². The third-order valence-electron chi connectivity index (χ3n) is 4.35. The Hall–Kier alpha value is -3.15. The Morgan fingerprint density at radius 1 is 1.00 bits per heavy atom. The SMILES string of the molecule is CCc1ccc(CC)c(C(=O)COC(=O)CNC(=O)c2cccc(OC)c2)c1. The molecule has 0 aliphatic rings. The maximum atomic E-state index is 12.4. The highest BCUT2D eigenvalue weighted by atomic mass is 16.5. The van der Waals surface area contributed by atoms with Crippen LogP contribution in [-0.4, -0.2) is 37.9 Å². The van der Waals surface area contributed by atoms with Crippen molar-refractivity contribution in [1.82, 2.24) is 5.32 Å². The van der Waals surface area contributed by atoms with Crippen molar-refractivity contribution >= 4 is 17.7 Å².